The zero-order chi connectivity index (χ0) is 18.4. The highest BCUT2D eigenvalue weighted by Gasteiger charge is 2.19. The largest absolute Gasteiger partial charge is 0.348 e. The Bertz CT molecular complexity index is 726. The summed E-state index contributed by atoms with van der Waals surface area (Å²) in [5.41, 5.74) is 9.81. The fourth-order valence-electron chi connectivity index (χ4n) is 3.57. The SMILES string of the molecule is CC1CCCCN1Cc1ccccc1CNC(=O)c1ccc(CN)cc1. The van der Waals surface area contributed by atoms with E-state index in [9.17, 15) is 4.79 Å². The summed E-state index contributed by atoms with van der Waals surface area (Å²) < 4.78 is 0. The monoisotopic (exact) mass is 351 g/mol. The summed E-state index contributed by atoms with van der Waals surface area (Å²) in [6.07, 6.45) is 3.89. The summed E-state index contributed by atoms with van der Waals surface area (Å²) in [6.45, 7) is 5.47. The number of rotatable bonds is 6. The van der Waals surface area contributed by atoms with Crippen molar-refractivity contribution in [2.24, 2.45) is 5.73 Å². The van der Waals surface area contributed by atoms with Crippen LogP contribution in [-0.2, 0) is 19.6 Å². The van der Waals surface area contributed by atoms with Crippen molar-refractivity contribution in [3.63, 3.8) is 0 Å². The van der Waals surface area contributed by atoms with E-state index >= 15 is 0 Å². The van der Waals surface area contributed by atoms with Gasteiger partial charge in [0.2, 0.25) is 0 Å². The van der Waals surface area contributed by atoms with Crippen LogP contribution >= 0.6 is 0 Å². The zero-order valence-corrected chi connectivity index (χ0v) is 15.6. The molecule has 4 heteroatoms. The first-order valence-corrected chi connectivity index (χ1v) is 9.55. The number of carbonyl (C=O) groups excluding carboxylic acids is 1. The number of carbonyl (C=O) groups is 1. The minimum atomic E-state index is -0.0466. The second-order valence-electron chi connectivity index (χ2n) is 7.17. The van der Waals surface area contributed by atoms with Crippen LogP contribution in [0.4, 0.5) is 0 Å². The molecule has 0 spiro atoms. The summed E-state index contributed by atoms with van der Waals surface area (Å²) in [4.78, 5) is 15.0. The lowest BCUT2D eigenvalue weighted by Gasteiger charge is -2.33. The van der Waals surface area contributed by atoms with Crippen molar-refractivity contribution in [3.05, 3.63) is 70.8 Å². The van der Waals surface area contributed by atoms with Gasteiger partial charge in [0, 0.05) is 31.2 Å². The number of nitrogens with two attached hydrogens (primary N) is 1. The number of hydrogen-bond donors (Lipinski definition) is 2. The maximum absolute atomic E-state index is 12.4. The minimum Gasteiger partial charge on any atom is -0.348 e. The lowest BCUT2D eigenvalue weighted by molar-refractivity contribution is 0.0950. The molecule has 0 aromatic heterocycles. The van der Waals surface area contributed by atoms with Crippen molar-refractivity contribution in [3.8, 4) is 0 Å². The number of benzene rings is 2. The summed E-state index contributed by atoms with van der Waals surface area (Å²) >= 11 is 0. The Labute approximate surface area is 156 Å². The summed E-state index contributed by atoms with van der Waals surface area (Å²) in [5.74, 6) is -0.0466. The number of hydrogen-bond acceptors (Lipinski definition) is 3. The average Bonchev–Trinajstić information content (AvgIpc) is 2.69. The van der Waals surface area contributed by atoms with Crippen LogP contribution in [0.1, 0.15) is 53.2 Å². The molecule has 1 aliphatic heterocycles. The molecule has 0 bridgehead atoms. The molecule has 0 saturated carbocycles. The third-order valence-electron chi connectivity index (χ3n) is 5.32. The Morgan fingerprint density at radius 2 is 1.85 bits per heavy atom. The molecule has 3 N–H and O–H groups in total. The van der Waals surface area contributed by atoms with Gasteiger partial charge in [0.25, 0.3) is 5.91 Å². The third-order valence-corrected chi connectivity index (χ3v) is 5.32. The summed E-state index contributed by atoms with van der Waals surface area (Å²) in [6, 6.07) is 16.5. The fourth-order valence-corrected chi connectivity index (χ4v) is 3.57. The molecule has 2 aromatic carbocycles. The predicted molar refractivity (Wildman–Crippen MR) is 106 cm³/mol. The first kappa shape index (κ1) is 18.6. The molecule has 26 heavy (non-hydrogen) atoms. The van der Waals surface area contributed by atoms with Gasteiger partial charge < -0.3 is 11.1 Å². The van der Waals surface area contributed by atoms with Gasteiger partial charge in [0.15, 0.2) is 0 Å². The highest BCUT2D eigenvalue weighted by Crippen LogP contribution is 2.21. The Balaban J connectivity index is 1.63. The Morgan fingerprint density at radius 1 is 1.12 bits per heavy atom. The van der Waals surface area contributed by atoms with Crippen molar-refractivity contribution < 1.29 is 4.79 Å². The molecule has 1 unspecified atom stereocenters. The van der Waals surface area contributed by atoms with Gasteiger partial charge in [-0.05, 0) is 55.1 Å². The van der Waals surface area contributed by atoms with Crippen molar-refractivity contribution in [1.29, 1.82) is 0 Å². The van der Waals surface area contributed by atoms with Crippen molar-refractivity contribution in [1.82, 2.24) is 10.2 Å². The number of likely N-dealkylation sites (tertiary alicyclic amines) is 1. The first-order chi connectivity index (χ1) is 12.7. The van der Waals surface area contributed by atoms with Gasteiger partial charge in [0.1, 0.15) is 0 Å². The second kappa shape index (κ2) is 8.97. The molecule has 2 aromatic rings. The number of nitrogens with one attached hydrogen (secondary N) is 1. The van der Waals surface area contributed by atoms with E-state index in [0.29, 0.717) is 24.7 Å². The van der Waals surface area contributed by atoms with Gasteiger partial charge in [-0.25, -0.2) is 0 Å². The third kappa shape index (κ3) is 4.71. The first-order valence-electron chi connectivity index (χ1n) is 9.55. The number of nitrogens with zero attached hydrogens (tertiary/aromatic N) is 1. The molecule has 3 rings (SSSR count). The maximum Gasteiger partial charge on any atom is 0.251 e. The van der Waals surface area contributed by atoms with Crippen molar-refractivity contribution in [2.75, 3.05) is 6.54 Å². The van der Waals surface area contributed by atoms with Gasteiger partial charge in [-0.1, -0.05) is 42.8 Å². The molecule has 0 aliphatic carbocycles. The van der Waals surface area contributed by atoms with Gasteiger partial charge in [0.05, 0.1) is 0 Å². The molecule has 138 valence electrons. The van der Waals surface area contributed by atoms with Crippen molar-refractivity contribution in [2.45, 2.75) is 51.9 Å². The van der Waals surface area contributed by atoms with Crippen LogP contribution in [0.25, 0.3) is 0 Å². The van der Waals surface area contributed by atoms with E-state index < -0.39 is 0 Å². The molecule has 1 amide bonds. The molecule has 1 fully saturated rings. The second-order valence-corrected chi connectivity index (χ2v) is 7.17. The minimum absolute atomic E-state index is 0.0466. The zero-order valence-electron chi connectivity index (χ0n) is 15.6. The van der Waals surface area contributed by atoms with Crippen LogP contribution in [0.2, 0.25) is 0 Å². The molecular weight excluding hydrogens is 322 g/mol. The molecule has 1 aliphatic rings. The van der Waals surface area contributed by atoms with Gasteiger partial charge in [-0.3, -0.25) is 9.69 Å². The average molecular weight is 351 g/mol. The normalized spacial score (nSPS) is 17.8. The predicted octanol–water partition coefficient (Wildman–Crippen LogP) is 3.45. The van der Waals surface area contributed by atoms with Crippen LogP contribution < -0.4 is 11.1 Å². The van der Waals surface area contributed by atoms with E-state index in [1.54, 1.807) is 0 Å². The van der Waals surface area contributed by atoms with E-state index in [2.05, 4.69) is 35.3 Å². The highest BCUT2D eigenvalue weighted by molar-refractivity contribution is 5.94. The fraction of sp³-hybridized carbons (Fsp3) is 0.409. The maximum atomic E-state index is 12.4. The van der Waals surface area contributed by atoms with E-state index in [-0.39, 0.29) is 5.91 Å². The van der Waals surface area contributed by atoms with E-state index in [0.717, 1.165) is 18.7 Å². The van der Waals surface area contributed by atoms with Gasteiger partial charge in [-0.15, -0.1) is 0 Å². The summed E-state index contributed by atoms with van der Waals surface area (Å²) in [7, 11) is 0. The van der Waals surface area contributed by atoms with E-state index in [1.807, 2.05) is 30.3 Å². The Kier molecular flexibility index (Phi) is 6.42. The molecular formula is C22H29N3O. The van der Waals surface area contributed by atoms with Crippen LogP contribution in [0.15, 0.2) is 48.5 Å². The van der Waals surface area contributed by atoms with Crippen LogP contribution in [0, 0.1) is 0 Å². The van der Waals surface area contributed by atoms with Crippen LogP contribution in [0.5, 0.6) is 0 Å². The number of amides is 1. The standard InChI is InChI=1S/C22H29N3O/c1-17-6-4-5-13-25(17)16-21-8-3-2-7-20(21)15-24-22(26)19-11-9-18(14-23)10-12-19/h2-3,7-12,17H,4-6,13-16,23H2,1H3,(H,24,26). The smallest absolute Gasteiger partial charge is 0.251 e. The van der Waals surface area contributed by atoms with Gasteiger partial charge >= 0.3 is 0 Å². The lowest BCUT2D eigenvalue weighted by Crippen LogP contribution is -2.37. The van der Waals surface area contributed by atoms with Crippen LogP contribution in [0.3, 0.4) is 0 Å². The topological polar surface area (TPSA) is 58.4 Å². The molecule has 1 atom stereocenters. The Hall–Kier alpha value is -2.17. The molecule has 1 saturated heterocycles. The lowest BCUT2D eigenvalue weighted by atomic mass is 10.0. The van der Waals surface area contributed by atoms with E-state index in [1.165, 1.54) is 30.4 Å². The molecule has 0 radical (unpaired) electrons. The van der Waals surface area contributed by atoms with Gasteiger partial charge in [-0.2, -0.15) is 0 Å². The highest BCUT2D eigenvalue weighted by atomic mass is 16.1. The van der Waals surface area contributed by atoms with Crippen LogP contribution in [-0.4, -0.2) is 23.4 Å². The molecule has 4 nitrogen and oxygen atoms in total. The molecule has 1 heterocycles. The summed E-state index contributed by atoms with van der Waals surface area (Å²) in [5, 5.41) is 3.05. The number of piperidine rings is 1. The Morgan fingerprint density at radius 3 is 2.54 bits per heavy atom. The van der Waals surface area contributed by atoms with E-state index in [4.69, 9.17) is 5.73 Å². The van der Waals surface area contributed by atoms with Crippen molar-refractivity contribution >= 4 is 5.91 Å². The quantitative estimate of drug-likeness (QED) is 0.838.